The molecule has 2 aromatic rings. The second-order valence-corrected chi connectivity index (χ2v) is 5.96. The van der Waals surface area contributed by atoms with Gasteiger partial charge in [0.15, 0.2) is 0 Å². The third-order valence-electron chi connectivity index (χ3n) is 3.76. The molecule has 0 radical (unpaired) electrons. The van der Waals surface area contributed by atoms with Crippen LogP contribution in [0.1, 0.15) is 11.1 Å². The van der Waals surface area contributed by atoms with Crippen LogP contribution in [0.25, 0.3) is 0 Å². The molecule has 4 rings (SSSR count). The van der Waals surface area contributed by atoms with Crippen molar-refractivity contribution in [3.63, 3.8) is 0 Å². The van der Waals surface area contributed by atoms with Gasteiger partial charge in [-0.1, -0.05) is 48.2 Å². The van der Waals surface area contributed by atoms with Crippen LogP contribution in [0, 0.1) is 0 Å². The Morgan fingerprint density at radius 2 is 1.60 bits per heavy atom. The highest BCUT2D eigenvalue weighted by molar-refractivity contribution is 8.02. The number of nitrogens with two attached hydrogens (primary N) is 1. The topological polar surface area (TPSA) is 47.3 Å². The van der Waals surface area contributed by atoms with E-state index in [0.717, 1.165) is 22.6 Å². The van der Waals surface area contributed by atoms with Crippen LogP contribution >= 0.6 is 11.8 Å². The number of nitrogens with one attached hydrogen (secondary N) is 1. The predicted molar refractivity (Wildman–Crippen MR) is 81.6 cm³/mol. The van der Waals surface area contributed by atoms with Crippen molar-refractivity contribution >= 4 is 11.8 Å². The van der Waals surface area contributed by atoms with Gasteiger partial charge in [-0.3, -0.25) is 5.32 Å². The molecule has 0 fully saturated rings. The molecule has 0 saturated carbocycles. The average molecular weight is 282 g/mol. The summed E-state index contributed by atoms with van der Waals surface area (Å²) in [7, 11) is 0. The van der Waals surface area contributed by atoms with E-state index in [-0.39, 0.29) is 5.50 Å². The lowest BCUT2D eigenvalue weighted by atomic mass is 9.80. The Bertz CT molecular complexity index is 653. The highest BCUT2D eigenvalue weighted by atomic mass is 32.2. The summed E-state index contributed by atoms with van der Waals surface area (Å²) in [5, 5.41) is 5.59. The van der Waals surface area contributed by atoms with Crippen LogP contribution in [0.2, 0.25) is 0 Å². The first-order valence-corrected chi connectivity index (χ1v) is 7.47. The molecule has 3 nitrogen and oxygen atoms in total. The Balaban J connectivity index is 2.02. The average Bonchev–Trinajstić information content (AvgIpc) is 2.48. The number of thioether (sulfide) groups is 1. The fourth-order valence-electron chi connectivity index (χ4n) is 2.89. The molecular weight excluding hydrogens is 268 g/mol. The van der Waals surface area contributed by atoms with Crippen molar-refractivity contribution in [2.75, 3.05) is 0 Å². The van der Waals surface area contributed by atoms with Gasteiger partial charge in [0.1, 0.15) is 17.0 Å². The van der Waals surface area contributed by atoms with E-state index in [1.54, 1.807) is 11.8 Å². The zero-order valence-electron chi connectivity index (χ0n) is 10.7. The molecule has 4 heteroatoms. The normalized spacial score (nSPS) is 21.9. The maximum atomic E-state index is 6.11. The summed E-state index contributed by atoms with van der Waals surface area (Å²) >= 11 is 1.58. The van der Waals surface area contributed by atoms with Crippen LogP contribution < -0.4 is 15.8 Å². The molecular formula is C16H14N2OS. The van der Waals surface area contributed by atoms with E-state index >= 15 is 0 Å². The quantitative estimate of drug-likeness (QED) is 0.779. The minimum absolute atomic E-state index is 0.140. The van der Waals surface area contributed by atoms with Gasteiger partial charge in [0.2, 0.25) is 0 Å². The molecule has 2 aliphatic rings. The Morgan fingerprint density at radius 1 is 1.00 bits per heavy atom. The standard InChI is InChI=1S/C16H14N2OS/c17-15-18-16(9-10-20-15)11-5-1-3-7-13(11)19-14-8-4-2-6-12(14)16/h1-10,15,18H,17H2. The highest BCUT2D eigenvalue weighted by Crippen LogP contribution is 2.49. The number of benzene rings is 2. The van der Waals surface area contributed by atoms with Gasteiger partial charge in [0, 0.05) is 11.1 Å². The SMILES string of the molecule is NC1NC2(C=CS1)c1ccccc1Oc1ccccc12. The molecule has 0 aliphatic carbocycles. The van der Waals surface area contributed by atoms with Crippen LogP contribution in [0.5, 0.6) is 11.5 Å². The number of rotatable bonds is 0. The van der Waals surface area contributed by atoms with Crippen molar-refractivity contribution in [2.24, 2.45) is 5.73 Å². The number of fused-ring (bicyclic) bond motifs is 4. The molecule has 100 valence electrons. The van der Waals surface area contributed by atoms with Crippen molar-refractivity contribution < 1.29 is 4.74 Å². The molecule has 1 unspecified atom stereocenters. The van der Waals surface area contributed by atoms with Crippen LogP contribution in [0.4, 0.5) is 0 Å². The Morgan fingerprint density at radius 3 is 2.20 bits per heavy atom. The molecule has 0 amide bonds. The van der Waals surface area contributed by atoms with Crippen molar-refractivity contribution in [3.8, 4) is 11.5 Å². The summed E-state index contributed by atoms with van der Waals surface area (Å²) in [6, 6.07) is 16.2. The van der Waals surface area contributed by atoms with Crippen LogP contribution in [0.3, 0.4) is 0 Å². The smallest absolute Gasteiger partial charge is 0.133 e. The summed E-state index contributed by atoms with van der Waals surface area (Å²) in [4.78, 5) is 0. The second kappa shape index (κ2) is 4.38. The largest absolute Gasteiger partial charge is 0.457 e. The molecule has 1 spiro atoms. The maximum Gasteiger partial charge on any atom is 0.133 e. The van der Waals surface area contributed by atoms with Crippen LogP contribution in [-0.4, -0.2) is 5.50 Å². The second-order valence-electron chi connectivity index (χ2n) is 4.91. The van der Waals surface area contributed by atoms with Gasteiger partial charge in [0.05, 0.1) is 5.54 Å². The molecule has 0 bridgehead atoms. The lowest BCUT2D eigenvalue weighted by molar-refractivity contribution is 0.380. The fraction of sp³-hybridized carbons (Fsp3) is 0.125. The Kier molecular flexibility index (Phi) is 2.63. The Labute approximate surface area is 121 Å². The van der Waals surface area contributed by atoms with E-state index in [1.807, 2.05) is 36.4 Å². The van der Waals surface area contributed by atoms with Gasteiger partial charge in [0.25, 0.3) is 0 Å². The van der Waals surface area contributed by atoms with Crippen molar-refractivity contribution in [3.05, 3.63) is 71.1 Å². The highest BCUT2D eigenvalue weighted by Gasteiger charge is 2.42. The summed E-state index contributed by atoms with van der Waals surface area (Å²) in [5.41, 5.74) is 7.77. The van der Waals surface area contributed by atoms with E-state index in [2.05, 4.69) is 28.9 Å². The van der Waals surface area contributed by atoms with Crippen LogP contribution in [-0.2, 0) is 5.54 Å². The van der Waals surface area contributed by atoms with Crippen molar-refractivity contribution in [2.45, 2.75) is 11.0 Å². The maximum absolute atomic E-state index is 6.11. The first kappa shape index (κ1) is 12.0. The first-order chi connectivity index (χ1) is 9.79. The van der Waals surface area contributed by atoms with Gasteiger partial charge < -0.3 is 10.5 Å². The molecule has 2 heterocycles. The fourth-order valence-corrected chi connectivity index (χ4v) is 3.60. The molecule has 1 atom stereocenters. The molecule has 2 aromatic carbocycles. The number of hydrogen-bond donors (Lipinski definition) is 2. The minimum atomic E-state index is -0.407. The van der Waals surface area contributed by atoms with Crippen molar-refractivity contribution in [1.29, 1.82) is 0 Å². The van der Waals surface area contributed by atoms with Gasteiger partial charge >= 0.3 is 0 Å². The summed E-state index contributed by atoms with van der Waals surface area (Å²) < 4.78 is 6.02. The monoisotopic (exact) mass is 282 g/mol. The lowest BCUT2D eigenvalue weighted by Crippen LogP contribution is -2.52. The number of para-hydroxylation sites is 2. The zero-order valence-corrected chi connectivity index (χ0v) is 11.6. The summed E-state index contributed by atoms with van der Waals surface area (Å²) in [6.45, 7) is 0. The van der Waals surface area contributed by atoms with E-state index in [1.165, 1.54) is 0 Å². The minimum Gasteiger partial charge on any atom is -0.457 e. The molecule has 3 N–H and O–H groups in total. The lowest BCUT2D eigenvalue weighted by Gasteiger charge is -2.42. The molecule has 0 saturated heterocycles. The van der Waals surface area contributed by atoms with Gasteiger partial charge in [-0.05, 0) is 23.6 Å². The van der Waals surface area contributed by atoms with Gasteiger partial charge in [-0.25, -0.2) is 0 Å². The first-order valence-electron chi connectivity index (χ1n) is 6.53. The molecule has 20 heavy (non-hydrogen) atoms. The number of hydrogen-bond acceptors (Lipinski definition) is 4. The number of ether oxygens (including phenoxy) is 1. The Hall–Kier alpha value is -1.75. The zero-order chi connectivity index (χ0) is 13.6. The predicted octanol–water partition coefficient (Wildman–Crippen LogP) is 3.13. The van der Waals surface area contributed by atoms with Gasteiger partial charge in [-0.15, -0.1) is 0 Å². The van der Waals surface area contributed by atoms with E-state index in [4.69, 9.17) is 10.5 Å². The van der Waals surface area contributed by atoms with E-state index in [9.17, 15) is 0 Å². The van der Waals surface area contributed by atoms with Crippen molar-refractivity contribution in [1.82, 2.24) is 5.32 Å². The summed E-state index contributed by atoms with van der Waals surface area (Å²) in [6.07, 6.45) is 2.17. The van der Waals surface area contributed by atoms with E-state index in [0.29, 0.717) is 0 Å². The van der Waals surface area contributed by atoms with E-state index < -0.39 is 5.54 Å². The van der Waals surface area contributed by atoms with Crippen LogP contribution in [0.15, 0.2) is 60.0 Å². The third kappa shape index (κ3) is 1.62. The summed E-state index contributed by atoms with van der Waals surface area (Å²) in [5.74, 6) is 1.75. The molecule has 0 aromatic heterocycles. The molecule has 2 aliphatic heterocycles. The van der Waals surface area contributed by atoms with Gasteiger partial charge in [-0.2, -0.15) is 0 Å². The third-order valence-corrected chi connectivity index (χ3v) is 4.46.